The number of allylic oxidation sites excluding steroid dienone is 4. The SMILES string of the molecule is COc1ccc(C2C=C(C(N)=O)C=C(NC3=NC4C=CC(C)=CC4=CN3)C2)cn1. The second-order valence-electron chi connectivity index (χ2n) is 7.18. The monoisotopic (exact) mass is 389 g/mol. The highest BCUT2D eigenvalue weighted by Crippen LogP contribution is 2.30. The number of aromatic nitrogens is 1. The Hall–Kier alpha value is -3.61. The van der Waals surface area contributed by atoms with Gasteiger partial charge in [-0.3, -0.25) is 4.79 Å². The van der Waals surface area contributed by atoms with Gasteiger partial charge in [-0.15, -0.1) is 0 Å². The van der Waals surface area contributed by atoms with Crippen molar-refractivity contribution in [3.63, 3.8) is 0 Å². The zero-order valence-corrected chi connectivity index (χ0v) is 16.3. The lowest BCUT2D eigenvalue weighted by molar-refractivity contribution is -0.114. The number of carbonyl (C=O) groups is 1. The molecule has 1 aromatic heterocycles. The molecule has 2 unspecified atom stereocenters. The third-order valence-corrected chi connectivity index (χ3v) is 5.03. The summed E-state index contributed by atoms with van der Waals surface area (Å²) in [5.41, 5.74) is 10.2. The van der Waals surface area contributed by atoms with Crippen LogP contribution >= 0.6 is 0 Å². The molecule has 4 N–H and O–H groups in total. The lowest BCUT2D eigenvalue weighted by atomic mass is 9.88. The molecule has 7 nitrogen and oxygen atoms in total. The van der Waals surface area contributed by atoms with Gasteiger partial charge in [0, 0.05) is 35.7 Å². The van der Waals surface area contributed by atoms with Gasteiger partial charge in [0.15, 0.2) is 0 Å². The average molecular weight is 389 g/mol. The van der Waals surface area contributed by atoms with Crippen LogP contribution in [0, 0.1) is 0 Å². The lowest BCUT2D eigenvalue weighted by Gasteiger charge is -2.26. The molecule has 3 aliphatic rings. The van der Waals surface area contributed by atoms with Gasteiger partial charge in [0.2, 0.25) is 17.7 Å². The molecular weight excluding hydrogens is 366 g/mol. The van der Waals surface area contributed by atoms with E-state index in [4.69, 9.17) is 15.5 Å². The molecular formula is C22H23N5O2. The van der Waals surface area contributed by atoms with Crippen molar-refractivity contribution in [2.75, 3.05) is 7.11 Å². The van der Waals surface area contributed by atoms with Gasteiger partial charge in [0.05, 0.1) is 13.2 Å². The van der Waals surface area contributed by atoms with Crippen molar-refractivity contribution in [3.05, 3.63) is 82.9 Å². The second kappa shape index (κ2) is 7.79. The van der Waals surface area contributed by atoms with Crippen LogP contribution in [0.2, 0.25) is 0 Å². The number of aliphatic imine (C=N–C) groups is 1. The normalized spacial score (nSPS) is 22.8. The van der Waals surface area contributed by atoms with Gasteiger partial charge in [-0.25, -0.2) is 9.98 Å². The van der Waals surface area contributed by atoms with E-state index in [0.717, 1.165) is 16.8 Å². The number of guanidine groups is 1. The Morgan fingerprint density at radius 1 is 1.34 bits per heavy atom. The van der Waals surface area contributed by atoms with Gasteiger partial charge in [0.25, 0.3) is 0 Å². The molecule has 2 atom stereocenters. The van der Waals surface area contributed by atoms with Crippen molar-refractivity contribution in [1.29, 1.82) is 0 Å². The fourth-order valence-corrected chi connectivity index (χ4v) is 3.54. The third kappa shape index (κ3) is 4.13. The van der Waals surface area contributed by atoms with E-state index in [1.54, 1.807) is 19.4 Å². The number of nitrogens with one attached hydrogen (secondary N) is 2. The number of ether oxygens (including phenoxy) is 1. The number of primary amides is 1. The molecule has 0 fully saturated rings. The van der Waals surface area contributed by atoms with Crippen LogP contribution in [0.3, 0.4) is 0 Å². The molecule has 0 aromatic carbocycles. The highest BCUT2D eigenvalue weighted by Gasteiger charge is 2.22. The predicted molar refractivity (Wildman–Crippen MR) is 112 cm³/mol. The molecule has 1 amide bonds. The number of carbonyl (C=O) groups excluding carboxylic acids is 1. The smallest absolute Gasteiger partial charge is 0.248 e. The van der Waals surface area contributed by atoms with E-state index < -0.39 is 5.91 Å². The zero-order chi connectivity index (χ0) is 20.4. The number of rotatable bonds is 4. The number of fused-ring (bicyclic) bond motifs is 1. The first-order valence-electron chi connectivity index (χ1n) is 9.42. The van der Waals surface area contributed by atoms with E-state index in [-0.39, 0.29) is 12.0 Å². The van der Waals surface area contributed by atoms with Gasteiger partial charge in [-0.05, 0) is 30.6 Å². The Kier molecular flexibility index (Phi) is 5.03. The van der Waals surface area contributed by atoms with E-state index in [2.05, 4.69) is 40.8 Å². The van der Waals surface area contributed by atoms with E-state index in [1.807, 2.05) is 24.4 Å². The summed E-state index contributed by atoms with van der Waals surface area (Å²) >= 11 is 0. The molecule has 1 aliphatic heterocycles. The summed E-state index contributed by atoms with van der Waals surface area (Å²) in [5.74, 6) is 0.691. The first-order valence-corrected chi connectivity index (χ1v) is 9.42. The van der Waals surface area contributed by atoms with Gasteiger partial charge < -0.3 is 21.1 Å². The van der Waals surface area contributed by atoms with E-state index >= 15 is 0 Å². The second-order valence-corrected chi connectivity index (χ2v) is 7.18. The molecule has 2 aliphatic carbocycles. The maximum Gasteiger partial charge on any atom is 0.248 e. The molecule has 29 heavy (non-hydrogen) atoms. The van der Waals surface area contributed by atoms with Crippen LogP contribution in [-0.4, -0.2) is 30.0 Å². The molecule has 0 saturated heterocycles. The van der Waals surface area contributed by atoms with Crippen molar-refractivity contribution in [2.45, 2.75) is 25.3 Å². The minimum absolute atomic E-state index is 0.0145. The first-order chi connectivity index (χ1) is 14.0. The van der Waals surface area contributed by atoms with E-state index in [9.17, 15) is 4.79 Å². The highest BCUT2D eigenvalue weighted by molar-refractivity contribution is 5.96. The molecule has 1 aromatic rings. The predicted octanol–water partition coefficient (Wildman–Crippen LogP) is 2.19. The van der Waals surface area contributed by atoms with Crippen LogP contribution in [-0.2, 0) is 4.79 Å². The Balaban J connectivity index is 1.53. The van der Waals surface area contributed by atoms with Gasteiger partial charge in [0.1, 0.15) is 0 Å². The van der Waals surface area contributed by atoms with Gasteiger partial charge in [-0.1, -0.05) is 35.9 Å². The maximum absolute atomic E-state index is 11.9. The molecule has 2 heterocycles. The van der Waals surface area contributed by atoms with Crippen molar-refractivity contribution in [3.8, 4) is 5.88 Å². The van der Waals surface area contributed by atoms with Crippen molar-refractivity contribution < 1.29 is 9.53 Å². The molecule has 0 saturated carbocycles. The average Bonchev–Trinajstić information content (AvgIpc) is 2.73. The lowest BCUT2D eigenvalue weighted by Crippen LogP contribution is -2.39. The zero-order valence-electron chi connectivity index (χ0n) is 16.3. The largest absolute Gasteiger partial charge is 0.481 e. The quantitative estimate of drug-likeness (QED) is 0.733. The highest BCUT2D eigenvalue weighted by atomic mass is 16.5. The molecule has 0 bridgehead atoms. The number of nitrogens with zero attached hydrogens (tertiary/aromatic N) is 2. The number of methoxy groups -OCH3 is 1. The Labute approximate surface area is 169 Å². The summed E-state index contributed by atoms with van der Waals surface area (Å²) < 4.78 is 5.12. The number of pyridine rings is 1. The van der Waals surface area contributed by atoms with Gasteiger partial charge in [-0.2, -0.15) is 0 Å². The van der Waals surface area contributed by atoms with Crippen LogP contribution in [0.1, 0.15) is 24.8 Å². The summed E-state index contributed by atoms with van der Waals surface area (Å²) in [5, 5.41) is 6.51. The summed E-state index contributed by atoms with van der Waals surface area (Å²) in [6.45, 7) is 2.06. The van der Waals surface area contributed by atoms with Crippen LogP contribution < -0.4 is 21.1 Å². The van der Waals surface area contributed by atoms with Crippen LogP contribution in [0.15, 0.2) is 82.3 Å². The Morgan fingerprint density at radius 3 is 2.93 bits per heavy atom. The van der Waals surface area contributed by atoms with Crippen molar-refractivity contribution >= 4 is 11.9 Å². The Bertz CT molecular complexity index is 1010. The topological polar surface area (TPSA) is 102 Å². The number of nitrogens with two attached hydrogens (primary N) is 1. The van der Waals surface area contributed by atoms with E-state index in [1.165, 1.54) is 5.57 Å². The summed E-state index contributed by atoms with van der Waals surface area (Å²) in [7, 11) is 1.58. The van der Waals surface area contributed by atoms with Crippen LogP contribution in [0.5, 0.6) is 5.88 Å². The fraction of sp³-hybridized carbons (Fsp3) is 0.227. The minimum atomic E-state index is -0.466. The Morgan fingerprint density at radius 2 is 2.21 bits per heavy atom. The fourth-order valence-electron chi connectivity index (χ4n) is 3.54. The van der Waals surface area contributed by atoms with Gasteiger partial charge >= 0.3 is 0 Å². The van der Waals surface area contributed by atoms with E-state index in [0.29, 0.717) is 23.8 Å². The molecule has 0 radical (unpaired) electrons. The summed E-state index contributed by atoms with van der Waals surface area (Å²) in [6, 6.07) is 3.74. The molecule has 7 heteroatoms. The number of amides is 1. The minimum Gasteiger partial charge on any atom is -0.481 e. The number of hydrogen-bond donors (Lipinski definition) is 3. The number of hydrogen-bond acceptors (Lipinski definition) is 6. The summed E-state index contributed by atoms with van der Waals surface area (Å²) in [4.78, 5) is 20.8. The molecule has 0 spiro atoms. The van der Waals surface area contributed by atoms with Crippen LogP contribution in [0.25, 0.3) is 0 Å². The molecule has 148 valence electrons. The third-order valence-electron chi connectivity index (χ3n) is 5.03. The standard InChI is InChI=1S/C22H23N5O2/c1-13-3-5-19-17(7-13)12-25-22(27-19)26-18-9-15(8-16(10-18)21(23)28)14-4-6-20(29-2)24-11-14/h3-8,10-12,15,19H,9H2,1-2H3,(H2,23,28)(H2,25,26,27). The summed E-state index contributed by atoms with van der Waals surface area (Å²) in [6.07, 6.45) is 14.3. The van der Waals surface area contributed by atoms with Crippen molar-refractivity contribution in [2.24, 2.45) is 10.7 Å². The maximum atomic E-state index is 11.9. The van der Waals surface area contributed by atoms with Crippen molar-refractivity contribution in [1.82, 2.24) is 15.6 Å². The molecule has 4 rings (SSSR count). The first kappa shape index (κ1) is 18.7. The van der Waals surface area contributed by atoms with Crippen LogP contribution in [0.4, 0.5) is 0 Å².